The van der Waals surface area contributed by atoms with Crippen LogP contribution in [0, 0.1) is 0 Å². The van der Waals surface area contributed by atoms with Crippen LogP contribution in [0.25, 0.3) is 0 Å². The third-order valence-electron chi connectivity index (χ3n) is 2.14. The Morgan fingerprint density at radius 3 is 2.00 bits per heavy atom. The first-order chi connectivity index (χ1) is 7.55. The Hall–Kier alpha value is -1.41. The number of carbonyl (C=O) groups is 2. The molecule has 4 nitrogen and oxygen atoms in total. The molecule has 0 aliphatic heterocycles. The Labute approximate surface area is 92.8 Å². The summed E-state index contributed by atoms with van der Waals surface area (Å²) in [5.74, 6) is -4.31. The quantitative estimate of drug-likeness (QED) is 0.739. The topological polar surface area (TPSA) is 66.4 Å². The van der Waals surface area contributed by atoms with E-state index in [1.165, 1.54) is 0 Å². The van der Waals surface area contributed by atoms with Crippen molar-refractivity contribution >= 4 is 11.9 Å². The number of aliphatic carboxylic acids is 1. The molecular weight excluding hydrogens is 253 g/mol. The molecule has 0 radical (unpaired) electrons. The van der Waals surface area contributed by atoms with E-state index in [1.807, 2.05) is 0 Å². The first-order valence-electron chi connectivity index (χ1n) is 4.44. The summed E-state index contributed by atoms with van der Waals surface area (Å²) in [6.45, 7) is 1.06. The highest BCUT2D eigenvalue weighted by Gasteiger charge is 2.48. The Bertz CT molecular complexity index is 304. The zero-order chi connectivity index (χ0) is 13.9. The maximum atomic E-state index is 12.6. The van der Waals surface area contributed by atoms with Crippen molar-refractivity contribution in [3.05, 3.63) is 0 Å². The minimum atomic E-state index is -5.34. The van der Waals surface area contributed by atoms with Crippen LogP contribution in [0.15, 0.2) is 0 Å². The average Bonchev–Trinajstić information content (AvgIpc) is 2.13. The molecule has 0 fully saturated rings. The van der Waals surface area contributed by atoms with E-state index in [4.69, 9.17) is 5.11 Å². The molecule has 0 bridgehead atoms. The summed E-state index contributed by atoms with van der Waals surface area (Å²) in [6.07, 6.45) is -10.7. The first-order valence-corrected chi connectivity index (χ1v) is 4.44. The van der Waals surface area contributed by atoms with E-state index in [9.17, 15) is 31.5 Å². The molecule has 0 saturated heterocycles. The Morgan fingerprint density at radius 2 is 1.76 bits per heavy atom. The van der Waals surface area contributed by atoms with E-state index in [1.54, 1.807) is 0 Å². The summed E-state index contributed by atoms with van der Waals surface area (Å²) in [7, 11) is 0. The minimum Gasteiger partial charge on any atom is -0.481 e. The van der Waals surface area contributed by atoms with Crippen molar-refractivity contribution in [1.29, 1.82) is 0 Å². The van der Waals surface area contributed by atoms with Crippen LogP contribution in [0.5, 0.6) is 0 Å². The van der Waals surface area contributed by atoms with Crippen molar-refractivity contribution in [3.8, 4) is 0 Å². The summed E-state index contributed by atoms with van der Waals surface area (Å²) in [5.41, 5.74) is -2.71. The largest absolute Gasteiger partial charge is 0.481 e. The standard InChI is InChI=1S/C8H10F5NO3/c1-2-7(5(9)10,3-4(15)16)14-6(17)8(11,12)13/h5H,2-3H2,1H3,(H,14,17)(H,15,16). The summed E-state index contributed by atoms with van der Waals surface area (Å²) in [6, 6.07) is 0. The molecule has 0 aliphatic rings. The van der Waals surface area contributed by atoms with Gasteiger partial charge in [0.2, 0.25) is 0 Å². The van der Waals surface area contributed by atoms with E-state index in [0.717, 1.165) is 12.2 Å². The molecule has 100 valence electrons. The number of hydrogen-bond donors (Lipinski definition) is 2. The van der Waals surface area contributed by atoms with Gasteiger partial charge in [-0.1, -0.05) is 6.92 Å². The fraction of sp³-hybridized carbons (Fsp3) is 0.750. The number of carboxylic acids is 1. The molecule has 0 aromatic carbocycles. The van der Waals surface area contributed by atoms with E-state index in [2.05, 4.69) is 0 Å². The van der Waals surface area contributed by atoms with Crippen molar-refractivity contribution in [1.82, 2.24) is 5.32 Å². The maximum absolute atomic E-state index is 12.6. The number of alkyl halides is 5. The van der Waals surface area contributed by atoms with Gasteiger partial charge in [-0.15, -0.1) is 0 Å². The molecule has 0 aliphatic carbocycles. The second-order valence-corrected chi connectivity index (χ2v) is 3.33. The SMILES string of the molecule is CCC(CC(=O)O)(NC(=O)C(F)(F)F)C(F)F. The molecule has 0 spiro atoms. The molecule has 0 heterocycles. The number of nitrogens with one attached hydrogen (secondary N) is 1. The van der Waals surface area contributed by atoms with Crippen molar-refractivity contribution in [2.24, 2.45) is 0 Å². The van der Waals surface area contributed by atoms with Crippen LogP contribution in [0.1, 0.15) is 19.8 Å². The molecule has 0 aromatic heterocycles. The van der Waals surface area contributed by atoms with Gasteiger partial charge in [0.1, 0.15) is 5.54 Å². The zero-order valence-corrected chi connectivity index (χ0v) is 8.65. The van der Waals surface area contributed by atoms with Gasteiger partial charge in [-0.3, -0.25) is 9.59 Å². The van der Waals surface area contributed by atoms with Crippen LogP contribution in [-0.4, -0.2) is 35.1 Å². The zero-order valence-electron chi connectivity index (χ0n) is 8.65. The lowest BCUT2D eigenvalue weighted by atomic mass is 9.92. The molecule has 1 unspecified atom stereocenters. The Balaban J connectivity index is 5.06. The smallest absolute Gasteiger partial charge is 0.471 e. The second-order valence-electron chi connectivity index (χ2n) is 3.33. The van der Waals surface area contributed by atoms with E-state index in [0.29, 0.717) is 0 Å². The number of hydrogen-bond acceptors (Lipinski definition) is 2. The molecule has 0 rings (SSSR count). The predicted molar refractivity (Wildman–Crippen MR) is 45.5 cm³/mol. The summed E-state index contributed by atoms with van der Waals surface area (Å²) in [4.78, 5) is 20.9. The number of carbonyl (C=O) groups excluding carboxylic acids is 1. The highest BCUT2D eigenvalue weighted by atomic mass is 19.4. The van der Waals surface area contributed by atoms with Crippen LogP contribution < -0.4 is 5.32 Å². The molecule has 1 atom stereocenters. The number of amides is 1. The predicted octanol–water partition coefficient (Wildman–Crippen LogP) is 1.55. The fourth-order valence-corrected chi connectivity index (χ4v) is 1.11. The second kappa shape index (κ2) is 5.28. The van der Waals surface area contributed by atoms with E-state index < -0.39 is 42.9 Å². The molecule has 17 heavy (non-hydrogen) atoms. The Morgan fingerprint density at radius 1 is 1.29 bits per heavy atom. The van der Waals surface area contributed by atoms with Gasteiger partial charge >= 0.3 is 18.1 Å². The van der Waals surface area contributed by atoms with Crippen LogP contribution in [0.4, 0.5) is 22.0 Å². The lowest BCUT2D eigenvalue weighted by Crippen LogP contribution is -2.57. The molecule has 1 amide bonds. The molecule has 0 saturated carbocycles. The highest BCUT2D eigenvalue weighted by molar-refractivity contribution is 5.83. The van der Waals surface area contributed by atoms with Crippen molar-refractivity contribution in [3.63, 3.8) is 0 Å². The first kappa shape index (κ1) is 15.6. The number of rotatable bonds is 5. The van der Waals surface area contributed by atoms with Gasteiger partial charge in [-0.25, -0.2) is 8.78 Å². The monoisotopic (exact) mass is 263 g/mol. The molecular formula is C8H10F5NO3. The minimum absolute atomic E-state index is 0.640. The van der Waals surface area contributed by atoms with Crippen LogP contribution in [0.3, 0.4) is 0 Å². The third kappa shape index (κ3) is 4.16. The Kier molecular flexibility index (Phi) is 4.84. The lowest BCUT2D eigenvalue weighted by molar-refractivity contribution is -0.178. The van der Waals surface area contributed by atoms with Gasteiger partial charge in [-0.2, -0.15) is 13.2 Å². The van der Waals surface area contributed by atoms with Gasteiger partial charge in [-0.05, 0) is 6.42 Å². The fourth-order valence-electron chi connectivity index (χ4n) is 1.11. The van der Waals surface area contributed by atoms with Gasteiger partial charge in [0, 0.05) is 0 Å². The summed E-state index contributed by atoms with van der Waals surface area (Å²) >= 11 is 0. The van der Waals surface area contributed by atoms with Crippen molar-refractivity contribution in [2.75, 3.05) is 0 Å². The summed E-state index contributed by atoms with van der Waals surface area (Å²) < 4.78 is 61.0. The van der Waals surface area contributed by atoms with Crippen LogP contribution in [0.2, 0.25) is 0 Å². The van der Waals surface area contributed by atoms with E-state index in [-0.39, 0.29) is 0 Å². The average molecular weight is 263 g/mol. The molecule has 9 heteroatoms. The highest BCUT2D eigenvalue weighted by Crippen LogP contribution is 2.26. The van der Waals surface area contributed by atoms with Crippen LogP contribution in [-0.2, 0) is 9.59 Å². The summed E-state index contributed by atoms with van der Waals surface area (Å²) in [5, 5.41) is 9.44. The third-order valence-corrected chi connectivity index (χ3v) is 2.14. The van der Waals surface area contributed by atoms with Gasteiger partial charge < -0.3 is 10.4 Å². The lowest BCUT2D eigenvalue weighted by Gasteiger charge is -2.31. The number of carboxylic acid groups (broad SMARTS) is 1. The van der Waals surface area contributed by atoms with Gasteiger partial charge in [0.15, 0.2) is 0 Å². The van der Waals surface area contributed by atoms with Gasteiger partial charge in [0.25, 0.3) is 6.43 Å². The normalized spacial score (nSPS) is 15.5. The van der Waals surface area contributed by atoms with Crippen molar-refractivity contribution < 1.29 is 36.6 Å². The molecule has 0 aromatic rings. The molecule has 2 N–H and O–H groups in total. The van der Waals surface area contributed by atoms with Crippen molar-refractivity contribution in [2.45, 2.75) is 37.9 Å². The number of halogens is 5. The van der Waals surface area contributed by atoms with E-state index >= 15 is 0 Å². The van der Waals surface area contributed by atoms with Gasteiger partial charge in [0.05, 0.1) is 6.42 Å². The maximum Gasteiger partial charge on any atom is 0.471 e. The van der Waals surface area contributed by atoms with Crippen LogP contribution >= 0.6 is 0 Å².